The molecule has 0 spiro atoms. The van der Waals surface area contributed by atoms with Crippen LogP contribution in [0.2, 0.25) is 5.02 Å². The summed E-state index contributed by atoms with van der Waals surface area (Å²) in [4.78, 5) is 0.359. The first-order chi connectivity index (χ1) is 9.86. The van der Waals surface area contributed by atoms with Gasteiger partial charge in [0.1, 0.15) is 4.99 Å². The summed E-state index contributed by atoms with van der Waals surface area (Å²) in [5.41, 5.74) is 6.03. The van der Waals surface area contributed by atoms with E-state index in [1.54, 1.807) is 10.4 Å². The van der Waals surface area contributed by atoms with E-state index < -0.39 is 10.0 Å². The molecule has 0 aliphatic carbocycles. The molecule has 4 nitrogen and oxygen atoms in total. The lowest BCUT2D eigenvalue weighted by atomic mass is 10.0. The zero-order valence-corrected chi connectivity index (χ0v) is 14.3. The molecule has 1 aromatic rings. The largest absolute Gasteiger partial charge is 0.389 e. The van der Waals surface area contributed by atoms with Crippen molar-refractivity contribution in [2.75, 3.05) is 13.1 Å². The highest BCUT2D eigenvalue weighted by Gasteiger charge is 2.32. The molecular formula is C14H19ClN2O2S2. The van der Waals surface area contributed by atoms with E-state index in [4.69, 9.17) is 29.6 Å². The predicted molar refractivity (Wildman–Crippen MR) is 89.1 cm³/mol. The van der Waals surface area contributed by atoms with Gasteiger partial charge in [-0.15, -0.1) is 0 Å². The van der Waals surface area contributed by atoms with E-state index in [2.05, 4.69) is 6.92 Å². The zero-order valence-electron chi connectivity index (χ0n) is 11.9. The van der Waals surface area contributed by atoms with Gasteiger partial charge >= 0.3 is 0 Å². The number of nitrogens with zero attached hydrogens (tertiary/aromatic N) is 1. The second-order valence-electron chi connectivity index (χ2n) is 5.31. The number of halogens is 1. The molecule has 0 saturated carbocycles. The molecule has 1 aromatic carbocycles. The van der Waals surface area contributed by atoms with Crippen molar-refractivity contribution in [2.45, 2.75) is 31.1 Å². The van der Waals surface area contributed by atoms with Gasteiger partial charge in [-0.1, -0.05) is 37.2 Å². The number of thiocarbonyl (C=S) groups is 1. The standard InChI is InChI=1S/C14H19ClN2O2S2/c1-2-3-10-6-7-17(9-10)21(18,19)11-4-5-12(14(16)20)13(15)8-11/h4-5,8,10H,2-3,6-7,9H2,1H3,(H2,16,20). The maximum Gasteiger partial charge on any atom is 0.243 e. The third kappa shape index (κ3) is 3.56. The van der Waals surface area contributed by atoms with Gasteiger partial charge in [0.15, 0.2) is 0 Å². The van der Waals surface area contributed by atoms with Crippen molar-refractivity contribution in [3.8, 4) is 0 Å². The second kappa shape index (κ2) is 6.60. The number of hydrogen-bond acceptors (Lipinski definition) is 3. The number of sulfonamides is 1. The lowest BCUT2D eigenvalue weighted by Gasteiger charge is -2.17. The maximum absolute atomic E-state index is 12.6. The molecule has 21 heavy (non-hydrogen) atoms. The summed E-state index contributed by atoms with van der Waals surface area (Å²) in [5, 5.41) is 0.271. The van der Waals surface area contributed by atoms with Crippen molar-refractivity contribution >= 4 is 38.8 Å². The minimum Gasteiger partial charge on any atom is -0.389 e. The molecule has 7 heteroatoms. The maximum atomic E-state index is 12.6. The van der Waals surface area contributed by atoms with E-state index >= 15 is 0 Å². The van der Waals surface area contributed by atoms with Crippen LogP contribution in [0.3, 0.4) is 0 Å². The minimum absolute atomic E-state index is 0.160. The first-order valence-corrected chi connectivity index (χ1v) is 9.18. The third-order valence-electron chi connectivity index (χ3n) is 3.79. The van der Waals surface area contributed by atoms with Crippen LogP contribution >= 0.6 is 23.8 Å². The Morgan fingerprint density at radius 1 is 1.52 bits per heavy atom. The average molecular weight is 347 g/mol. The van der Waals surface area contributed by atoms with Gasteiger partial charge in [0.05, 0.1) is 9.92 Å². The van der Waals surface area contributed by atoms with Crippen molar-refractivity contribution in [3.05, 3.63) is 28.8 Å². The zero-order chi connectivity index (χ0) is 15.6. The van der Waals surface area contributed by atoms with E-state index in [-0.39, 0.29) is 14.9 Å². The Morgan fingerprint density at radius 3 is 2.81 bits per heavy atom. The van der Waals surface area contributed by atoms with Crippen LogP contribution in [0.1, 0.15) is 31.7 Å². The topological polar surface area (TPSA) is 63.4 Å². The van der Waals surface area contributed by atoms with Crippen LogP contribution in [0.5, 0.6) is 0 Å². The highest BCUT2D eigenvalue weighted by atomic mass is 35.5. The summed E-state index contributed by atoms with van der Waals surface area (Å²) in [7, 11) is -3.49. The summed E-state index contributed by atoms with van der Waals surface area (Å²) in [5.74, 6) is 0.455. The lowest BCUT2D eigenvalue weighted by molar-refractivity contribution is 0.444. The van der Waals surface area contributed by atoms with E-state index in [9.17, 15) is 8.42 Å². The predicted octanol–water partition coefficient (Wildman–Crippen LogP) is 2.78. The first-order valence-electron chi connectivity index (χ1n) is 6.95. The van der Waals surface area contributed by atoms with Gasteiger partial charge in [-0.2, -0.15) is 4.31 Å². The van der Waals surface area contributed by atoms with Crippen molar-refractivity contribution in [3.63, 3.8) is 0 Å². The smallest absolute Gasteiger partial charge is 0.243 e. The van der Waals surface area contributed by atoms with Crippen molar-refractivity contribution < 1.29 is 8.42 Å². The summed E-state index contributed by atoms with van der Waals surface area (Å²) >= 11 is 10.9. The van der Waals surface area contributed by atoms with Gasteiger partial charge in [-0.05, 0) is 37.0 Å². The summed E-state index contributed by atoms with van der Waals surface area (Å²) in [6.45, 7) is 3.28. The molecule has 1 unspecified atom stereocenters. The van der Waals surface area contributed by atoms with E-state index in [0.29, 0.717) is 24.6 Å². The summed E-state index contributed by atoms with van der Waals surface area (Å²) in [6.07, 6.45) is 3.06. The van der Waals surface area contributed by atoms with Gasteiger partial charge in [0, 0.05) is 18.7 Å². The SMILES string of the molecule is CCCC1CCN(S(=O)(=O)c2ccc(C(N)=S)c(Cl)c2)C1. The van der Waals surface area contributed by atoms with Crippen LogP contribution in [-0.2, 0) is 10.0 Å². The van der Waals surface area contributed by atoms with Crippen LogP contribution in [0.25, 0.3) is 0 Å². The van der Waals surface area contributed by atoms with E-state index in [1.165, 1.54) is 12.1 Å². The summed E-state index contributed by atoms with van der Waals surface area (Å²) < 4.78 is 26.8. The Hall–Kier alpha value is -0.690. The van der Waals surface area contributed by atoms with Crippen LogP contribution in [-0.4, -0.2) is 30.8 Å². The second-order valence-corrected chi connectivity index (χ2v) is 8.10. The molecule has 1 fully saturated rings. The van der Waals surface area contributed by atoms with Crippen LogP contribution in [0.15, 0.2) is 23.1 Å². The van der Waals surface area contributed by atoms with Crippen molar-refractivity contribution in [1.82, 2.24) is 4.31 Å². The molecule has 0 radical (unpaired) electrons. The minimum atomic E-state index is -3.49. The van der Waals surface area contributed by atoms with Crippen molar-refractivity contribution in [1.29, 1.82) is 0 Å². The highest BCUT2D eigenvalue weighted by molar-refractivity contribution is 7.89. The highest BCUT2D eigenvalue weighted by Crippen LogP contribution is 2.29. The van der Waals surface area contributed by atoms with Crippen LogP contribution in [0, 0.1) is 5.92 Å². The average Bonchev–Trinajstić information content (AvgIpc) is 2.88. The van der Waals surface area contributed by atoms with Gasteiger partial charge in [-0.25, -0.2) is 8.42 Å². The molecule has 1 aliphatic heterocycles. The van der Waals surface area contributed by atoms with Gasteiger partial charge < -0.3 is 5.73 Å². The monoisotopic (exact) mass is 346 g/mol. The van der Waals surface area contributed by atoms with Crippen LogP contribution < -0.4 is 5.73 Å². The molecule has 2 N–H and O–H groups in total. The molecule has 0 amide bonds. The normalized spacial score (nSPS) is 19.8. The Bertz CT molecular complexity index is 646. The Morgan fingerprint density at radius 2 is 2.24 bits per heavy atom. The fourth-order valence-electron chi connectivity index (χ4n) is 2.66. The van der Waals surface area contributed by atoms with Gasteiger partial charge in [0.25, 0.3) is 0 Å². The van der Waals surface area contributed by atoms with Crippen molar-refractivity contribution in [2.24, 2.45) is 11.7 Å². The molecular weight excluding hydrogens is 328 g/mol. The van der Waals surface area contributed by atoms with Crippen LogP contribution in [0.4, 0.5) is 0 Å². The fraction of sp³-hybridized carbons (Fsp3) is 0.500. The van der Waals surface area contributed by atoms with E-state index in [1.807, 2.05) is 0 Å². The van der Waals surface area contributed by atoms with E-state index in [0.717, 1.165) is 19.3 Å². The lowest BCUT2D eigenvalue weighted by Crippen LogP contribution is -2.29. The Kier molecular flexibility index (Phi) is 5.24. The molecule has 0 bridgehead atoms. The number of nitrogens with two attached hydrogens (primary N) is 1. The fourth-order valence-corrected chi connectivity index (χ4v) is 4.80. The molecule has 116 valence electrons. The molecule has 0 aromatic heterocycles. The Balaban J connectivity index is 2.24. The third-order valence-corrected chi connectivity index (χ3v) is 6.18. The molecule has 1 heterocycles. The first kappa shape index (κ1) is 16.7. The molecule has 2 rings (SSSR count). The number of hydrogen-bond donors (Lipinski definition) is 1. The molecule has 1 aliphatic rings. The van der Waals surface area contributed by atoms with Gasteiger partial charge in [-0.3, -0.25) is 0 Å². The Labute approximate surface area is 136 Å². The number of rotatable bonds is 5. The van der Waals surface area contributed by atoms with Gasteiger partial charge in [0.2, 0.25) is 10.0 Å². The summed E-state index contributed by atoms with van der Waals surface area (Å²) in [6, 6.07) is 4.51. The molecule has 1 atom stereocenters. The number of benzene rings is 1. The quantitative estimate of drug-likeness (QED) is 0.833. The molecule has 1 saturated heterocycles.